The molecule has 246 valence electrons. The van der Waals surface area contributed by atoms with Crippen LogP contribution < -0.4 is 5.32 Å². The highest BCUT2D eigenvalue weighted by Gasteiger charge is 2.74. The Hall–Kier alpha value is -3.27. The number of rotatable bonds is 6. The maximum Gasteiger partial charge on any atom is 0.435 e. The molecule has 0 unspecified atom stereocenters. The minimum Gasteiger partial charge on any atom is -0.390 e. The summed E-state index contributed by atoms with van der Waals surface area (Å²) in [6.45, 7) is 2.84. The van der Waals surface area contributed by atoms with E-state index in [-0.39, 0.29) is 49.3 Å². The lowest BCUT2D eigenvalue weighted by Crippen LogP contribution is -2.52. The fourth-order valence-electron chi connectivity index (χ4n) is 7.16. The number of nitrogens with zero attached hydrogens (tertiary/aromatic N) is 1. The fraction of sp³-hybridized carbons (Fsp3) is 0.517. The fourth-order valence-corrected chi connectivity index (χ4v) is 9.62. The van der Waals surface area contributed by atoms with Crippen molar-refractivity contribution < 1.29 is 58.2 Å². The van der Waals surface area contributed by atoms with Crippen LogP contribution in [0.15, 0.2) is 47.4 Å². The Kier molecular flexibility index (Phi) is 7.63. The predicted octanol–water partition coefficient (Wildman–Crippen LogP) is 5.59. The minimum atomic E-state index is -6.39. The Morgan fingerprint density at radius 3 is 2.11 bits per heavy atom. The maximum atomic E-state index is 15.0. The summed E-state index contributed by atoms with van der Waals surface area (Å²) in [5, 5.41) is 12.7. The zero-order valence-corrected chi connectivity index (χ0v) is 24.6. The Morgan fingerprint density at radius 1 is 0.956 bits per heavy atom. The molecule has 2 N–H and O–H groups in total. The highest BCUT2D eigenvalue weighted by atomic mass is 32.2. The number of fused-ring (bicyclic) bond motifs is 3. The lowest BCUT2D eigenvalue weighted by molar-refractivity contribution is -0.348. The van der Waals surface area contributed by atoms with Crippen LogP contribution in [0.5, 0.6) is 0 Å². The highest BCUT2D eigenvalue weighted by Crippen LogP contribution is 2.60. The summed E-state index contributed by atoms with van der Waals surface area (Å²) >= 11 is 0. The lowest BCUT2D eigenvalue weighted by atomic mass is 9.73. The van der Waals surface area contributed by atoms with Crippen molar-refractivity contribution >= 4 is 21.8 Å². The molecule has 2 aliphatic carbocycles. The molecule has 0 spiro atoms. The van der Waals surface area contributed by atoms with Gasteiger partial charge in [0.1, 0.15) is 16.6 Å². The van der Waals surface area contributed by atoms with E-state index in [2.05, 4.69) is 5.32 Å². The van der Waals surface area contributed by atoms with E-state index in [9.17, 15) is 53.8 Å². The third-order valence-corrected chi connectivity index (χ3v) is 11.6. The van der Waals surface area contributed by atoms with Gasteiger partial charge in [0.05, 0.1) is 10.5 Å². The first-order valence-corrected chi connectivity index (χ1v) is 15.4. The molecular formula is C29H28F8N2O5S. The van der Waals surface area contributed by atoms with Crippen molar-refractivity contribution in [3.05, 3.63) is 65.0 Å². The topological polar surface area (TPSA) is 104 Å². The van der Waals surface area contributed by atoms with Crippen LogP contribution in [0.25, 0.3) is 0 Å². The SMILES string of the molecule is CC(C)(O)C[C@H]1NC(=O)N([C@@H]2CC[C@@]3(S(=O)(=O)c4ccc(F)cc4)c4ccc(C(F)(C(F)(F)F)C(F)(F)F)cc4CC[C@@H]23)C1=O. The largest absolute Gasteiger partial charge is 0.435 e. The summed E-state index contributed by atoms with van der Waals surface area (Å²) in [5.41, 5.74) is -9.35. The molecule has 1 saturated carbocycles. The summed E-state index contributed by atoms with van der Waals surface area (Å²) < 4.78 is 137. The number of carbonyl (C=O) groups is 2. The molecule has 2 fully saturated rings. The summed E-state index contributed by atoms with van der Waals surface area (Å²) in [6, 6.07) is 1.93. The molecule has 0 aromatic heterocycles. The van der Waals surface area contributed by atoms with Gasteiger partial charge in [0, 0.05) is 23.9 Å². The van der Waals surface area contributed by atoms with Gasteiger partial charge in [-0.15, -0.1) is 0 Å². The van der Waals surface area contributed by atoms with E-state index in [1.165, 1.54) is 13.8 Å². The van der Waals surface area contributed by atoms with Gasteiger partial charge in [0.2, 0.25) is 0 Å². The molecule has 0 radical (unpaired) electrons. The number of benzene rings is 2. The molecule has 45 heavy (non-hydrogen) atoms. The van der Waals surface area contributed by atoms with Gasteiger partial charge >= 0.3 is 24.1 Å². The van der Waals surface area contributed by atoms with Crippen LogP contribution in [0, 0.1) is 11.7 Å². The molecule has 1 heterocycles. The Balaban J connectivity index is 1.67. The van der Waals surface area contributed by atoms with E-state index in [0.29, 0.717) is 6.07 Å². The number of amides is 3. The number of imide groups is 1. The molecular weight excluding hydrogens is 640 g/mol. The molecule has 5 rings (SSSR count). The molecule has 3 aliphatic rings. The van der Waals surface area contributed by atoms with Gasteiger partial charge < -0.3 is 10.4 Å². The van der Waals surface area contributed by atoms with Gasteiger partial charge in [-0.2, -0.15) is 26.3 Å². The third-order valence-electron chi connectivity index (χ3n) is 9.03. The minimum absolute atomic E-state index is 0.112. The van der Waals surface area contributed by atoms with Crippen molar-refractivity contribution in [1.29, 1.82) is 0 Å². The monoisotopic (exact) mass is 668 g/mol. The molecule has 2 aromatic rings. The summed E-state index contributed by atoms with van der Waals surface area (Å²) in [5.74, 6) is -2.61. The Morgan fingerprint density at radius 2 is 1.56 bits per heavy atom. The first-order chi connectivity index (χ1) is 20.6. The molecule has 1 aliphatic heterocycles. The van der Waals surface area contributed by atoms with Gasteiger partial charge in [0.15, 0.2) is 9.84 Å². The second kappa shape index (κ2) is 10.4. The van der Waals surface area contributed by atoms with Crippen molar-refractivity contribution in [3.63, 3.8) is 0 Å². The average molecular weight is 669 g/mol. The van der Waals surface area contributed by atoms with E-state index in [4.69, 9.17) is 0 Å². The number of halogens is 8. The smallest absolute Gasteiger partial charge is 0.390 e. The molecule has 0 bridgehead atoms. The zero-order valence-electron chi connectivity index (χ0n) is 23.8. The number of hydrogen-bond donors (Lipinski definition) is 2. The van der Waals surface area contributed by atoms with Crippen LogP contribution in [0.1, 0.15) is 56.2 Å². The van der Waals surface area contributed by atoms with Crippen molar-refractivity contribution in [3.8, 4) is 0 Å². The standard InChI is InChI=1S/C29H28F8N2O5S/c1-25(2,42)14-21-23(40)39(24(41)38-21)22-11-12-26(45(43,44)18-7-5-17(30)6-8-18)19-10-4-16(13-15(19)3-9-20(22)26)27(31,28(32,33)34)29(35,36)37/h4-8,10,13,20-22,42H,3,9,11-12,14H2,1-2H3,(H,38,41)/t20-,21+,22+,26+/m0/s1. The molecule has 2 aromatic carbocycles. The second-order valence-corrected chi connectivity index (χ2v) is 14.6. The second-order valence-electron chi connectivity index (χ2n) is 12.4. The average Bonchev–Trinajstić information content (AvgIpc) is 3.43. The Labute approximate surface area is 252 Å². The number of aryl methyl sites for hydroxylation is 1. The van der Waals surface area contributed by atoms with E-state index in [1.807, 2.05) is 0 Å². The van der Waals surface area contributed by atoms with Crippen LogP contribution >= 0.6 is 0 Å². The number of carbonyl (C=O) groups excluding carboxylic acids is 2. The number of nitrogens with one attached hydrogen (secondary N) is 1. The highest BCUT2D eigenvalue weighted by molar-refractivity contribution is 7.92. The number of hydrogen-bond acceptors (Lipinski definition) is 5. The van der Waals surface area contributed by atoms with E-state index in [0.717, 1.165) is 35.2 Å². The molecule has 1 saturated heterocycles. The van der Waals surface area contributed by atoms with E-state index in [1.54, 1.807) is 0 Å². The predicted molar refractivity (Wildman–Crippen MR) is 142 cm³/mol. The van der Waals surface area contributed by atoms with Gasteiger partial charge in [-0.05, 0) is 74.9 Å². The van der Waals surface area contributed by atoms with Gasteiger partial charge in [0.25, 0.3) is 5.91 Å². The number of aliphatic hydroxyl groups is 1. The van der Waals surface area contributed by atoms with Crippen molar-refractivity contribution in [2.24, 2.45) is 5.92 Å². The van der Waals surface area contributed by atoms with Crippen molar-refractivity contribution in [2.75, 3.05) is 0 Å². The number of sulfone groups is 1. The first-order valence-electron chi connectivity index (χ1n) is 13.9. The summed E-state index contributed by atoms with van der Waals surface area (Å²) in [4.78, 5) is 26.9. The van der Waals surface area contributed by atoms with Crippen LogP contribution in [0.3, 0.4) is 0 Å². The maximum absolute atomic E-state index is 15.0. The van der Waals surface area contributed by atoms with Crippen LogP contribution in [-0.2, 0) is 31.5 Å². The molecule has 4 atom stereocenters. The lowest BCUT2D eigenvalue weighted by Gasteiger charge is -2.43. The van der Waals surface area contributed by atoms with Gasteiger partial charge in [-0.25, -0.2) is 22.0 Å². The third kappa shape index (κ3) is 4.98. The Bertz CT molecular complexity index is 1620. The van der Waals surface area contributed by atoms with Crippen LogP contribution in [-0.4, -0.2) is 60.4 Å². The van der Waals surface area contributed by atoms with Crippen LogP contribution in [0.4, 0.5) is 39.9 Å². The molecule has 7 nitrogen and oxygen atoms in total. The zero-order chi connectivity index (χ0) is 33.5. The van der Waals surface area contributed by atoms with Crippen molar-refractivity contribution in [2.45, 2.75) is 91.3 Å². The van der Waals surface area contributed by atoms with Gasteiger partial charge in [-0.1, -0.05) is 18.2 Å². The van der Waals surface area contributed by atoms with Gasteiger partial charge in [-0.3, -0.25) is 9.69 Å². The molecule has 3 amide bonds. The van der Waals surface area contributed by atoms with E-state index >= 15 is 4.39 Å². The quantitative estimate of drug-likeness (QED) is 0.238. The normalized spacial score (nSPS) is 26.1. The number of alkyl halides is 7. The summed E-state index contributed by atoms with van der Waals surface area (Å²) in [6.07, 6.45) is -13.9. The van der Waals surface area contributed by atoms with E-state index < -0.39 is 84.4 Å². The van der Waals surface area contributed by atoms with Crippen LogP contribution in [0.2, 0.25) is 0 Å². The molecule has 16 heteroatoms. The van der Waals surface area contributed by atoms with Crippen molar-refractivity contribution in [1.82, 2.24) is 10.2 Å². The summed E-state index contributed by atoms with van der Waals surface area (Å²) in [7, 11) is -4.65. The number of urea groups is 1. The first kappa shape index (κ1) is 33.1.